The van der Waals surface area contributed by atoms with E-state index < -0.39 is 12.0 Å². The van der Waals surface area contributed by atoms with E-state index in [2.05, 4.69) is 15.5 Å². The fourth-order valence-corrected chi connectivity index (χ4v) is 3.72. The van der Waals surface area contributed by atoms with Gasteiger partial charge in [-0.15, -0.1) is 0 Å². The average molecular weight is 462 g/mol. The number of benzene rings is 4. The van der Waals surface area contributed by atoms with Crippen molar-refractivity contribution < 1.29 is 14.6 Å². The number of aromatic amines is 1. The summed E-state index contributed by atoms with van der Waals surface area (Å²) in [5, 5.41) is 21.5. The number of nitrogens with zero attached hydrogens (tertiary/aromatic N) is 1. The summed E-state index contributed by atoms with van der Waals surface area (Å²) >= 11 is 0. The number of H-pyrrole nitrogens is 1. The van der Waals surface area contributed by atoms with Gasteiger partial charge < -0.3 is 15.2 Å². The maximum absolute atomic E-state index is 12.5. The van der Waals surface area contributed by atoms with E-state index in [-0.39, 0.29) is 0 Å². The van der Waals surface area contributed by atoms with Crippen molar-refractivity contribution in [2.75, 3.05) is 5.32 Å². The molecule has 1 aromatic heterocycles. The van der Waals surface area contributed by atoms with Crippen molar-refractivity contribution in [3.63, 3.8) is 0 Å². The molecule has 0 saturated carbocycles. The van der Waals surface area contributed by atoms with Gasteiger partial charge in [0.2, 0.25) is 0 Å². The smallest absolute Gasteiger partial charge is 0.257 e. The van der Waals surface area contributed by atoms with Crippen LogP contribution in [0.25, 0.3) is 23.1 Å². The minimum atomic E-state index is -1.26. The Kier molecular flexibility index (Phi) is 6.37. The molecule has 5 aromatic rings. The Bertz CT molecular complexity index is 1480. The first-order chi connectivity index (χ1) is 17.2. The molecule has 0 aliphatic heterocycles. The van der Waals surface area contributed by atoms with Crippen LogP contribution in [0.1, 0.15) is 22.9 Å². The zero-order valence-corrected chi connectivity index (χ0v) is 18.8. The van der Waals surface area contributed by atoms with Gasteiger partial charge in [0.05, 0.1) is 11.2 Å². The highest BCUT2D eigenvalue weighted by molar-refractivity contribution is 5.95. The van der Waals surface area contributed by atoms with Crippen molar-refractivity contribution in [3.8, 4) is 11.5 Å². The van der Waals surface area contributed by atoms with E-state index in [1.807, 2.05) is 66.7 Å². The molecule has 35 heavy (non-hydrogen) atoms. The standard InChI is InChI=1S/C29H23N3O3/c33-28(21-10-5-2-6-11-21)29(34)30-22-12-7-13-23(18-22)35-24-15-16-25-26(31-32-27(25)19-24)17-14-20-8-3-1-4-9-20/h1-19,28,33H,(H,30,34)(H,31,32)/b17-14+. The number of nitrogens with one attached hydrogen (secondary N) is 2. The fourth-order valence-electron chi connectivity index (χ4n) is 3.72. The summed E-state index contributed by atoms with van der Waals surface area (Å²) in [6.07, 6.45) is 2.74. The number of carbonyl (C=O) groups is 1. The lowest BCUT2D eigenvalue weighted by atomic mass is 10.1. The molecule has 6 heteroatoms. The van der Waals surface area contributed by atoms with Crippen molar-refractivity contribution in [1.29, 1.82) is 0 Å². The molecule has 3 N–H and O–H groups in total. The molecule has 1 amide bonds. The number of rotatable bonds is 7. The molecular weight excluding hydrogens is 438 g/mol. The predicted molar refractivity (Wildman–Crippen MR) is 138 cm³/mol. The van der Waals surface area contributed by atoms with Crippen molar-refractivity contribution in [3.05, 3.63) is 120 Å². The molecule has 0 fully saturated rings. The predicted octanol–water partition coefficient (Wildman–Crippen LogP) is 6.20. The van der Waals surface area contributed by atoms with E-state index in [1.54, 1.807) is 48.5 Å². The molecular formula is C29H23N3O3. The molecule has 172 valence electrons. The first-order valence-corrected chi connectivity index (χ1v) is 11.2. The molecule has 1 heterocycles. The lowest BCUT2D eigenvalue weighted by molar-refractivity contribution is -0.124. The van der Waals surface area contributed by atoms with Gasteiger partial charge in [0.1, 0.15) is 11.5 Å². The van der Waals surface area contributed by atoms with Crippen LogP contribution in [0.5, 0.6) is 11.5 Å². The molecule has 0 radical (unpaired) electrons. The minimum Gasteiger partial charge on any atom is -0.457 e. The van der Waals surface area contributed by atoms with Gasteiger partial charge in [0.15, 0.2) is 6.10 Å². The fraction of sp³-hybridized carbons (Fsp3) is 0.0345. The largest absolute Gasteiger partial charge is 0.457 e. The number of hydrogen-bond acceptors (Lipinski definition) is 4. The number of ether oxygens (including phenoxy) is 1. The van der Waals surface area contributed by atoms with Crippen molar-refractivity contribution in [1.82, 2.24) is 10.2 Å². The first-order valence-electron chi connectivity index (χ1n) is 11.2. The summed E-state index contributed by atoms with van der Waals surface area (Å²) in [6.45, 7) is 0. The van der Waals surface area contributed by atoms with E-state index in [0.717, 1.165) is 22.2 Å². The quantitative estimate of drug-likeness (QED) is 0.269. The zero-order valence-electron chi connectivity index (χ0n) is 18.8. The lowest BCUT2D eigenvalue weighted by Gasteiger charge is -2.13. The van der Waals surface area contributed by atoms with Crippen LogP contribution in [0.4, 0.5) is 5.69 Å². The number of fused-ring (bicyclic) bond motifs is 1. The Morgan fingerprint density at radius 1 is 0.857 bits per heavy atom. The number of aliphatic hydroxyl groups is 1. The maximum Gasteiger partial charge on any atom is 0.257 e. The number of amides is 1. The highest BCUT2D eigenvalue weighted by atomic mass is 16.5. The van der Waals surface area contributed by atoms with Gasteiger partial charge in [-0.05, 0) is 41.5 Å². The highest BCUT2D eigenvalue weighted by Crippen LogP contribution is 2.28. The molecule has 0 aliphatic carbocycles. The summed E-state index contributed by atoms with van der Waals surface area (Å²) in [5.74, 6) is 0.677. The second kappa shape index (κ2) is 10.1. The third kappa shape index (κ3) is 5.29. The van der Waals surface area contributed by atoms with Gasteiger partial charge in [-0.3, -0.25) is 9.89 Å². The van der Waals surface area contributed by atoms with E-state index in [4.69, 9.17) is 4.74 Å². The second-order valence-electron chi connectivity index (χ2n) is 7.99. The Labute approximate surface area is 202 Å². The Balaban J connectivity index is 1.28. The number of aliphatic hydroxyl groups excluding tert-OH is 1. The van der Waals surface area contributed by atoms with E-state index in [1.165, 1.54) is 0 Å². The normalized spacial score (nSPS) is 12.0. The van der Waals surface area contributed by atoms with Crippen LogP contribution in [0.15, 0.2) is 103 Å². The van der Waals surface area contributed by atoms with E-state index in [0.29, 0.717) is 22.7 Å². The molecule has 4 aromatic carbocycles. The topological polar surface area (TPSA) is 87.2 Å². The number of carbonyl (C=O) groups excluding carboxylic acids is 1. The second-order valence-corrected chi connectivity index (χ2v) is 7.99. The third-order valence-corrected chi connectivity index (χ3v) is 5.50. The first kappa shape index (κ1) is 22.1. The molecule has 0 spiro atoms. The van der Waals surface area contributed by atoms with E-state index in [9.17, 15) is 9.90 Å². The average Bonchev–Trinajstić information content (AvgIpc) is 3.30. The van der Waals surface area contributed by atoms with Crippen LogP contribution in [-0.4, -0.2) is 21.2 Å². The summed E-state index contributed by atoms with van der Waals surface area (Å²) in [6, 6.07) is 31.6. The molecule has 0 aliphatic rings. The van der Waals surface area contributed by atoms with Gasteiger partial charge >= 0.3 is 0 Å². The van der Waals surface area contributed by atoms with Gasteiger partial charge in [0.25, 0.3) is 5.91 Å². The summed E-state index contributed by atoms with van der Waals surface area (Å²) < 4.78 is 6.01. The molecule has 1 unspecified atom stereocenters. The van der Waals surface area contributed by atoms with Crippen molar-refractivity contribution in [2.45, 2.75) is 6.10 Å². The van der Waals surface area contributed by atoms with Crippen LogP contribution in [-0.2, 0) is 4.79 Å². The van der Waals surface area contributed by atoms with Crippen LogP contribution in [0.3, 0.4) is 0 Å². The summed E-state index contributed by atoms with van der Waals surface area (Å²) in [7, 11) is 0. The monoisotopic (exact) mass is 461 g/mol. The highest BCUT2D eigenvalue weighted by Gasteiger charge is 2.17. The van der Waals surface area contributed by atoms with Gasteiger partial charge in [-0.2, -0.15) is 5.10 Å². The van der Waals surface area contributed by atoms with E-state index >= 15 is 0 Å². The molecule has 5 rings (SSSR count). The molecule has 1 atom stereocenters. The van der Waals surface area contributed by atoms with Crippen LogP contribution in [0, 0.1) is 0 Å². The molecule has 0 saturated heterocycles. The number of anilines is 1. The van der Waals surface area contributed by atoms with Gasteiger partial charge in [-0.1, -0.05) is 72.8 Å². The van der Waals surface area contributed by atoms with Gasteiger partial charge in [0, 0.05) is 23.2 Å². The van der Waals surface area contributed by atoms with Crippen LogP contribution < -0.4 is 10.1 Å². The Morgan fingerprint density at radius 3 is 2.40 bits per heavy atom. The summed E-state index contributed by atoms with van der Waals surface area (Å²) in [4.78, 5) is 12.5. The Hall–Kier alpha value is -4.68. The Morgan fingerprint density at radius 2 is 1.60 bits per heavy atom. The summed E-state index contributed by atoms with van der Waals surface area (Å²) in [5.41, 5.74) is 3.86. The van der Waals surface area contributed by atoms with Crippen molar-refractivity contribution >= 4 is 34.6 Å². The van der Waals surface area contributed by atoms with Crippen LogP contribution >= 0.6 is 0 Å². The van der Waals surface area contributed by atoms with Crippen molar-refractivity contribution in [2.24, 2.45) is 0 Å². The lowest BCUT2D eigenvalue weighted by Crippen LogP contribution is -2.20. The number of aromatic nitrogens is 2. The third-order valence-electron chi connectivity index (χ3n) is 5.50. The van der Waals surface area contributed by atoms with Gasteiger partial charge in [-0.25, -0.2) is 0 Å². The zero-order chi connectivity index (χ0) is 24.0. The SMILES string of the molecule is O=C(Nc1cccc(Oc2ccc3c(/C=C/c4ccccc4)n[nH]c3c2)c1)C(O)c1ccccc1. The number of hydrogen-bond donors (Lipinski definition) is 3. The van der Waals surface area contributed by atoms with Crippen LogP contribution in [0.2, 0.25) is 0 Å². The maximum atomic E-state index is 12.5. The molecule has 0 bridgehead atoms. The minimum absolute atomic E-state index is 0.511. The molecule has 6 nitrogen and oxygen atoms in total.